The lowest BCUT2D eigenvalue weighted by atomic mass is 9.96. The number of hydrogen-bond acceptors (Lipinski definition) is 10. The highest BCUT2D eigenvalue weighted by molar-refractivity contribution is 5.97. The van der Waals surface area contributed by atoms with Crippen LogP contribution in [0.5, 0.6) is 11.6 Å². The Morgan fingerprint density at radius 1 is 1.13 bits per heavy atom. The highest BCUT2D eigenvalue weighted by Gasteiger charge is 2.38. The summed E-state index contributed by atoms with van der Waals surface area (Å²) in [6.07, 6.45) is 5.11. The lowest BCUT2D eigenvalue weighted by molar-refractivity contribution is -0.0916. The quantitative estimate of drug-likeness (QED) is 0.488. The highest BCUT2D eigenvalue weighted by atomic mass is 16.5. The van der Waals surface area contributed by atoms with Crippen LogP contribution in [0.1, 0.15) is 41.6 Å². The first-order valence-corrected chi connectivity index (χ1v) is 13.1. The number of nitrogens with zero attached hydrogens (tertiary/aromatic N) is 5. The molecule has 11 nitrogen and oxygen atoms in total. The zero-order valence-corrected chi connectivity index (χ0v) is 21.2. The molecule has 2 atom stereocenters. The number of carbonyl (C=O) groups excluding carboxylic acids is 1. The van der Waals surface area contributed by atoms with Gasteiger partial charge in [-0.15, -0.1) is 0 Å². The van der Waals surface area contributed by atoms with Crippen LogP contribution in [0.4, 0.5) is 11.8 Å². The number of rotatable bonds is 6. The molecular formula is C28H28N6O5. The number of ether oxygens (including phenoxy) is 3. The highest BCUT2D eigenvalue weighted by Crippen LogP contribution is 2.31. The minimum Gasteiger partial charge on any atom is -0.493 e. The monoisotopic (exact) mass is 528 g/mol. The number of nitriles is 1. The largest absolute Gasteiger partial charge is 0.493 e. The summed E-state index contributed by atoms with van der Waals surface area (Å²) in [6.45, 7) is 2.36. The zero-order chi connectivity index (χ0) is 26.8. The number of pyridine rings is 1. The summed E-state index contributed by atoms with van der Waals surface area (Å²) in [5.74, 6) is 0.482. The maximum atomic E-state index is 13.1. The van der Waals surface area contributed by atoms with E-state index in [0.29, 0.717) is 49.2 Å². The Morgan fingerprint density at radius 2 is 2.00 bits per heavy atom. The van der Waals surface area contributed by atoms with Crippen LogP contribution in [-0.4, -0.2) is 75.5 Å². The van der Waals surface area contributed by atoms with Crippen molar-refractivity contribution in [3.05, 3.63) is 53.7 Å². The molecule has 2 N–H and O–H groups in total. The maximum absolute atomic E-state index is 13.1. The van der Waals surface area contributed by atoms with Crippen molar-refractivity contribution in [2.24, 2.45) is 0 Å². The fraction of sp³-hybridized carbons (Fsp3) is 0.393. The smallest absolute Gasteiger partial charge is 0.259 e. The van der Waals surface area contributed by atoms with Crippen molar-refractivity contribution in [2.45, 2.75) is 43.9 Å². The Morgan fingerprint density at radius 3 is 2.72 bits per heavy atom. The van der Waals surface area contributed by atoms with Gasteiger partial charge in [0.05, 0.1) is 43.2 Å². The molecule has 2 aromatic heterocycles. The second-order valence-electron chi connectivity index (χ2n) is 9.85. The molecule has 4 aliphatic rings. The first-order valence-electron chi connectivity index (χ1n) is 13.1. The van der Waals surface area contributed by atoms with E-state index in [-0.39, 0.29) is 41.5 Å². The molecule has 11 heteroatoms. The number of nitrogens with one attached hydrogen (secondary N) is 1. The summed E-state index contributed by atoms with van der Waals surface area (Å²) in [5.41, 5.74) is 1.90. The molecule has 2 unspecified atom stereocenters. The van der Waals surface area contributed by atoms with Gasteiger partial charge in [0.2, 0.25) is 11.8 Å². The second-order valence-corrected chi connectivity index (χ2v) is 9.85. The van der Waals surface area contributed by atoms with E-state index in [9.17, 15) is 15.2 Å². The van der Waals surface area contributed by atoms with Crippen LogP contribution in [-0.2, 0) is 9.47 Å². The predicted molar refractivity (Wildman–Crippen MR) is 140 cm³/mol. The lowest BCUT2D eigenvalue weighted by Gasteiger charge is -2.45. The van der Waals surface area contributed by atoms with E-state index in [0.717, 1.165) is 31.2 Å². The van der Waals surface area contributed by atoms with Crippen molar-refractivity contribution in [1.82, 2.24) is 19.9 Å². The van der Waals surface area contributed by atoms with Crippen LogP contribution in [0, 0.1) is 11.3 Å². The van der Waals surface area contributed by atoms with E-state index in [1.807, 2.05) is 6.07 Å². The molecule has 1 amide bonds. The molecule has 0 spiro atoms. The standard InChI is InChI=1S/C28H28N6O5/c29-14-18-13-17(1-5-24(18)39-20-8-11-37-12-9-20)23-7-10-30-28(31-23)33-25-6-4-22(26(35)32-25)27(36)34-15-21-3-2-19(34)16-38-21/h1,4-7,10,13,19-21H,2-3,8-9,11-12,15-16H2,(H2,30,31,32,33,35). The fourth-order valence-electron chi connectivity index (χ4n) is 5.19. The van der Waals surface area contributed by atoms with E-state index in [1.54, 1.807) is 41.4 Å². The molecule has 3 aromatic rings. The summed E-state index contributed by atoms with van der Waals surface area (Å²) in [6, 6.07) is 12.5. The number of morpholine rings is 1. The molecule has 4 saturated heterocycles. The number of piperidine rings is 1. The van der Waals surface area contributed by atoms with Gasteiger partial charge in [0.1, 0.15) is 29.3 Å². The third kappa shape index (κ3) is 5.34. The molecule has 0 saturated carbocycles. The number of aromatic hydroxyl groups is 1. The summed E-state index contributed by atoms with van der Waals surface area (Å²) in [4.78, 5) is 27.8. The Hall–Kier alpha value is -4.27. The molecule has 200 valence electrons. The van der Waals surface area contributed by atoms with Crippen molar-refractivity contribution in [3.8, 4) is 29.0 Å². The van der Waals surface area contributed by atoms with Crippen molar-refractivity contribution in [1.29, 1.82) is 5.26 Å². The summed E-state index contributed by atoms with van der Waals surface area (Å²) in [5, 5.41) is 23.2. The van der Waals surface area contributed by atoms with Crippen molar-refractivity contribution in [3.63, 3.8) is 0 Å². The van der Waals surface area contributed by atoms with Crippen LogP contribution in [0.2, 0.25) is 0 Å². The summed E-state index contributed by atoms with van der Waals surface area (Å²) in [7, 11) is 0. The van der Waals surface area contributed by atoms with E-state index < -0.39 is 0 Å². The first-order chi connectivity index (χ1) is 19.1. The number of hydrogen-bond donors (Lipinski definition) is 2. The van der Waals surface area contributed by atoms with Crippen LogP contribution in [0.25, 0.3) is 11.3 Å². The Kier molecular flexibility index (Phi) is 6.96. The van der Waals surface area contributed by atoms with Gasteiger partial charge in [-0.3, -0.25) is 4.79 Å². The van der Waals surface area contributed by atoms with Crippen molar-refractivity contribution < 1.29 is 24.1 Å². The van der Waals surface area contributed by atoms with Crippen LogP contribution >= 0.6 is 0 Å². The Bertz CT molecular complexity index is 1410. The average Bonchev–Trinajstić information content (AvgIpc) is 2.98. The molecule has 1 aromatic carbocycles. The average molecular weight is 529 g/mol. The van der Waals surface area contributed by atoms with Crippen LogP contribution < -0.4 is 10.1 Å². The number of anilines is 2. The molecule has 0 aliphatic carbocycles. The summed E-state index contributed by atoms with van der Waals surface area (Å²) >= 11 is 0. The van der Waals surface area contributed by atoms with Gasteiger partial charge < -0.3 is 29.5 Å². The maximum Gasteiger partial charge on any atom is 0.259 e. The first kappa shape index (κ1) is 25.0. The minimum absolute atomic E-state index is 0.0277. The topological polar surface area (TPSA) is 143 Å². The van der Waals surface area contributed by atoms with Gasteiger partial charge in [-0.05, 0) is 49.2 Å². The number of benzene rings is 1. The third-order valence-electron chi connectivity index (χ3n) is 7.31. The lowest BCUT2D eigenvalue weighted by Crippen LogP contribution is -2.56. The van der Waals surface area contributed by atoms with E-state index in [1.165, 1.54) is 0 Å². The Labute approximate surface area is 225 Å². The molecule has 2 bridgehead atoms. The van der Waals surface area contributed by atoms with Gasteiger partial charge in [0.25, 0.3) is 5.91 Å². The molecule has 6 heterocycles. The molecule has 0 radical (unpaired) electrons. The van der Waals surface area contributed by atoms with E-state index >= 15 is 0 Å². The van der Waals surface area contributed by atoms with Gasteiger partial charge >= 0.3 is 0 Å². The SMILES string of the molecule is N#Cc1cc(-c2ccnc(Nc3ccc(C(=O)N4CC5CCC4CO5)c(O)n3)n2)ccc1OC1CCOCC1. The minimum atomic E-state index is -0.359. The van der Waals surface area contributed by atoms with Crippen molar-refractivity contribution in [2.75, 3.05) is 31.7 Å². The van der Waals surface area contributed by atoms with Crippen LogP contribution in [0.15, 0.2) is 42.6 Å². The molecule has 4 aliphatic heterocycles. The molecule has 7 rings (SSSR count). The van der Waals surface area contributed by atoms with Gasteiger partial charge in [0, 0.05) is 31.1 Å². The number of carbonyl (C=O) groups is 1. The normalized spacial score (nSPS) is 20.8. The molecule has 4 fully saturated rings. The van der Waals surface area contributed by atoms with Gasteiger partial charge in [-0.25, -0.2) is 9.97 Å². The van der Waals surface area contributed by atoms with E-state index in [4.69, 9.17) is 14.2 Å². The molecule has 39 heavy (non-hydrogen) atoms. The van der Waals surface area contributed by atoms with Gasteiger partial charge in [0.15, 0.2) is 0 Å². The van der Waals surface area contributed by atoms with Gasteiger partial charge in [-0.2, -0.15) is 10.2 Å². The third-order valence-corrected chi connectivity index (χ3v) is 7.31. The van der Waals surface area contributed by atoms with E-state index in [2.05, 4.69) is 26.3 Å². The fourth-order valence-corrected chi connectivity index (χ4v) is 5.19. The van der Waals surface area contributed by atoms with Crippen LogP contribution in [0.3, 0.4) is 0 Å². The number of amides is 1. The Balaban J connectivity index is 1.16. The molecular weight excluding hydrogens is 500 g/mol. The second kappa shape index (κ2) is 10.8. The number of aromatic nitrogens is 3. The summed E-state index contributed by atoms with van der Waals surface area (Å²) < 4.78 is 17.1. The zero-order valence-electron chi connectivity index (χ0n) is 21.2. The van der Waals surface area contributed by atoms with Crippen molar-refractivity contribution >= 4 is 17.7 Å². The predicted octanol–water partition coefficient (Wildman–Crippen LogP) is 3.42. The number of fused-ring (bicyclic) bond motifs is 3. The van der Waals surface area contributed by atoms with Gasteiger partial charge in [-0.1, -0.05) is 0 Å².